The smallest absolute Gasteiger partial charge is 0.478 e. The second-order valence-electron chi connectivity index (χ2n) is 6.41. The molecule has 10 heteroatoms. The molecular formula is C18H23F3N2O5. The number of carbonyl (C=O) groups is 3. The summed E-state index contributed by atoms with van der Waals surface area (Å²) >= 11 is 0. The minimum Gasteiger partial charge on any atom is -0.478 e. The van der Waals surface area contributed by atoms with Crippen molar-refractivity contribution in [3.05, 3.63) is 23.8 Å². The maximum atomic E-state index is 11.5. The van der Waals surface area contributed by atoms with Gasteiger partial charge in [-0.1, -0.05) is 13.8 Å². The Morgan fingerprint density at radius 3 is 2.14 bits per heavy atom. The molecule has 0 bridgehead atoms. The summed E-state index contributed by atoms with van der Waals surface area (Å²) in [5, 5.41) is 19.3. The van der Waals surface area contributed by atoms with Crippen LogP contribution >= 0.6 is 0 Å². The molecule has 0 saturated carbocycles. The van der Waals surface area contributed by atoms with Gasteiger partial charge in [0.2, 0.25) is 5.91 Å². The van der Waals surface area contributed by atoms with Crippen LogP contribution in [0.3, 0.4) is 0 Å². The Kier molecular flexibility index (Phi) is 8.27. The van der Waals surface area contributed by atoms with Crippen LogP contribution in [0, 0.1) is 5.92 Å². The number of amides is 1. The van der Waals surface area contributed by atoms with E-state index in [1.165, 1.54) is 0 Å². The lowest BCUT2D eigenvalue weighted by Crippen LogP contribution is -2.33. The van der Waals surface area contributed by atoms with Crippen LogP contribution in [-0.4, -0.2) is 47.3 Å². The van der Waals surface area contributed by atoms with Gasteiger partial charge in [0, 0.05) is 25.2 Å². The SMILES string of the molecule is CCC(=O)Nc1ccc(N2CCC(C)CC2)c(C(=O)O)c1.O=C(O)C(F)(F)F. The van der Waals surface area contributed by atoms with E-state index in [0.717, 1.165) is 31.6 Å². The molecule has 1 aromatic rings. The van der Waals surface area contributed by atoms with Crippen molar-refractivity contribution in [1.82, 2.24) is 0 Å². The number of carboxylic acid groups (broad SMARTS) is 2. The van der Waals surface area contributed by atoms with Crippen molar-refractivity contribution in [2.24, 2.45) is 5.92 Å². The van der Waals surface area contributed by atoms with Crippen LogP contribution in [0.4, 0.5) is 24.5 Å². The first-order valence-corrected chi connectivity index (χ1v) is 8.68. The maximum Gasteiger partial charge on any atom is 0.490 e. The summed E-state index contributed by atoms with van der Waals surface area (Å²) < 4.78 is 31.7. The van der Waals surface area contributed by atoms with Crippen LogP contribution < -0.4 is 10.2 Å². The molecule has 7 nitrogen and oxygen atoms in total. The Hall–Kier alpha value is -2.78. The maximum absolute atomic E-state index is 11.5. The number of halogens is 3. The number of aromatic carboxylic acids is 1. The van der Waals surface area contributed by atoms with Gasteiger partial charge in [0.15, 0.2) is 0 Å². The molecule has 3 N–H and O–H groups in total. The molecule has 1 aromatic carbocycles. The lowest BCUT2D eigenvalue weighted by Gasteiger charge is -2.33. The van der Waals surface area contributed by atoms with E-state index in [-0.39, 0.29) is 11.5 Å². The third-order valence-corrected chi connectivity index (χ3v) is 4.20. The van der Waals surface area contributed by atoms with E-state index in [0.29, 0.717) is 18.0 Å². The summed E-state index contributed by atoms with van der Waals surface area (Å²) in [4.78, 5) is 33.9. The number of carbonyl (C=O) groups excluding carboxylic acids is 1. The van der Waals surface area contributed by atoms with Crippen LogP contribution in [0.1, 0.15) is 43.5 Å². The number of hydrogen-bond donors (Lipinski definition) is 3. The van der Waals surface area contributed by atoms with Gasteiger partial charge in [0.1, 0.15) is 0 Å². The Bertz CT molecular complexity index is 714. The lowest BCUT2D eigenvalue weighted by atomic mass is 9.98. The Morgan fingerprint density at radius 2 is 1.71 bits per heavy atom. The van der Waals surface area contributed by atoms with E-state index >= 15 is 0 Å². The van der Waals surface area contributed by atoms with Crippen molar-refractivity contribution < 1.29 is 37.8 Å². The molecule has 0 aromatic heterocycles. The molecule has 0 spiro atoms. The summed E-state index contributed by atoms with van der Waals surface area (Å²) in [6.07, 6.45) is -2.56. The molecule has 1 aliphatic heterocycles. The molecule has 28 heavy (non-hydrogen) atoms. The number of nitrogens with one attached hydrogen (secondary N) is 1. The first-order valence-electron chi connectivity index (χ1n) is 8.68. The highest BCUT2D eigenvalue weighted by atomic mass is 19.4. The topological polar surface area (TPSA) is 107 Å². The second kappa shape index (κ2) is 9.95. The van der Waals surface area contributed by atoms with Gasteiger partial charge in [-0.25, -0.2) is 9.59 Å². The minimum absolute atomic E-state index is 0.120. The summed E-state index contributed by atoms with van der Waals surface area (Å²) in [5.74, 6) is -3.15. The Morgan fingerprint density at radius 1 is 1.18 bits per heavy atom. The molecule has 1 aliphatic rings. The van der Waals surface area contributed by atoms with Crippen molar-refractivity contribution >= 4 is 29.2 Å². The molecule has 0 radical (unpaired) electrons. The van der Waals surface area contributed by atoms with Gasteiger partial charge in [0.25, 0.3) is 0 Å². The molecule has 0 atom stereocenters. The lowest BCUT2D eigenvalue weighted by molar-refractivity contribution is -0.192. The average Bonchev–Trinajstić information content (AvgIpc) is 2.62. The van der Waals surface area contributed by atoms with Gasteiger partial charge in [-0.2, -0.15) is 13.2 Å². The highest BCUT2D eigenvalue weighted by Crippen LogP contribution is 2.28. The number of alkyl halides is 3. The number of hydrogen-bond acceptors (Lipinski definition) is 4. The van der Waals surface area contributed by atoms with Crippen molar-refractivity contribution in [3.63, 3.8) is 0 Å². The van der Waals surface area contributed by atoms with Crippen molar-refractivity contribution in [2.75, 3.05) is 23.3 Å². The largest absolute Gasteiger partial charge is 0.490 e. The predicted molar refractivity (Wildman–Crippen MR) is 96.6 cm³/mol. The third kappa shape index (κ3) is 7.09. The minimum atomic E-state index is -5.08. The van der Waals surface area contributed by atoms with Crippen molar-refractivity contribution in [2.45, 2.75) is 39.3 Å². The number of rotatable bonds is 4. The third-order valence-electron chi connectivity index (χ3n) is 4.20. The number of nitrogens with zero attached hydrogens (tertiary/aromatic N) is 1. The fourth-order valence-corrected chi connectivity index (χ4v) is 2.56. The summed E-state index contributed by atoms with van der Waals surface area (Å²) in [5.41, 5.74) is 1.52. The predicted octanol–water partition coefficient (Wildman–Crippen LogP) is 3.60. The number of aliphatic carboxylic acids is 1. The van der Waals surface area contributed by atoms with E-state index in [9.17, 15) is 27.9 Å². The van der Waals surface area contributed by atoms with Crippen LogP contribution in [-0.2, 0) is 9.59 Å². The molecular weight excluding hydrogens is 381 g/mol. The highest BCUT2D eigenvalue weighted by molar-refractivity contribution is 5.98. The Labute approximate surface area is 160 Å². The van der Waals surface area contributed by atoms with Gasteiger partial charge >= 0.3 is 18.1 Å². The van der Waals surface area contributed by atoms with Crippen molar-refractivity contribution in [1.29, 1.82) is 0 Å². The first-order chi connectivity index (χ1) is 13.0. The number of carboxylic acids is 2. The fourth-order valence-electron chi connectivity index (χ4n) is 2.56. The van der Waals surface area contributed by atoms with E-state index in [1.807, 2.05) is 0 Å². The highest BCUT2D eigenvalue weighted by Gasteiger charge is 2.38. The summed E-state index contributed by atoms with van der Waals surface area (Å²) in [6, 6.07) is 5.11. The zero-order valence-electron chi connectivity index (χ0n) is 15.5. The molecule has 1 heterocycles. The normalized spacial score (nSPS) is 14.7. The van der Waals surface area contributed by atoms with E-state index in [1.54, 1.807) is 25.1 Å². The van der Waals surface area contributed by atoms with E-state index in [2.05, 4.69) is 17.1 Å². The monoisotopic (exact) mass is 404 g/mol. The number of anilines is 2. The molecule has 156 valence electrons. The summed E-state index contributed by atoms with van der Waals surface area (Å²) in [6.45, 7) is 5.74. The number of piperidine rings is 1. The van der Waals surface area contributed by atoms with Gasteiger partial charge < -0.3 is 20.4 Å². The van der Waals surface area contributed by atoms with E-state index < -0.39 is 18.1 Å². The number of benzene rings is 1. The van der Waals surface area contributed by atoms with Crippen LogP contribution in [0.2, 0.25) is 0 Å². The Balaban J connectivity index is 0.000000480. The molecule has 0 unspecified atom stereocenters. The van der Waals surface area contributed by atoms with Crippen LogP contribution in [0.5, 0.6) is 0 Å². The van der Waals surface area contributed by atoms with Crippen molar-refractivity contribution in [3.8, 4) is 0 Å². The molecule has 1 fully saturated rings. The fraction of sp³-hybridized carbons (Fsp3) is 0.500. The molecule has 1 amide bonds. The molecule has 2 rings (SSSR count). The quantitative estimate of drug-likeness (QED) is 0.708. The zero-order valence-corrected chi connectivity index (χ0v) is 15.5. The zero-order chi connectivity index (χ0) is 21.5. The van der Waals surface area contributed by atoms with Gasteiger partial charge in [0.05, 0.1) is 11.3 Å². The van der Waals surface area contributed by atoms with Gasteiger partial charge in [-0.05, 0) is 37.0 Å². The first kappa shape index (κ1) is 23.3. The molecule has 1 saturated heterocycles. The standard InChI is InChI=1S/C16H22N2O3.C2HF3O2/c1-3-15(19)17-12-4-5-14(13(10-12)16(20)21)18-8-6-11(2)7-9-18;3-2(4,5)1(6)7/h4-5,10-11H,3,6-9H2,1-2H3,(H,17,19)(H,20,21);(H,6,7). The van der Waals surface area contributed by atoms with Gasteiger partial charge in [-0.15, -0.1) is 0 Å². The second-order valence-corrected chi connectivity index (χ2v) is 6.41. The van der Waals surface area contributed by atoms with Crippen LogP contribution in [0.25, 0.3) is 0 Å². The molecule has 0 aliphatic carbocycles. The van der Waals surface area contributed by atoms with Gasteiger partial charge in [-0.3, -0.25) is 4.79 Å². The summed E-state index contributed by atoms with van der Waals surface area (Å²) in [7, 11) is 0. The van der Waals surface area contributed by atoms with Crippen LogP contribution in [0.15, 0.2) is 18.2 Å². The van der Waals surface area contributed by atoms with E-state index in [4.69, 9.17) is 9.90 Å². The average molecular weight is 404 g/mol.